The zero-order valence-electron chi connectivity index (χ0n) is 10.7. The van der Waals surface area contributed by atoms with E-state index in [0.717, 1.165) is 22.8 Å². The lowest BCUT2D eigenvalue weighted by atomic mass is 9.96. The summed E-state index contributed by atoms with van der Waals surface area (Å²) in [4.78, 5) is 8.97. The highest BCUT2D eigenvalue weighted by atomic mass is 79.9. The minimum Gasteiger partial charge on any atom is -0.366 e. The smallest absolute Gasteiger partial charge is 0.137 e. The van der Waals surface area contributed by atoms with E-state index in [0.29, 0.717) is 0 Å². The lowest BCUT2D eigenvalue weighted by Crippen LogP contribution is -2.17. The zero-order chi connectivity index (χ0) is 13.2. The van der Waals surface area contributed by atoms with Crippen molar-refractivity contribution in [2.24, 2.45) is 0 Å². The molecule has 0 bridgehead atoms. The third-order valence-electron chi connectivity index (χ3n) is 2.42. The molecule has 5 heteroatoms. The SMILES string of the molecule is CC(C)(C)c1nc(Br)cc(NCc2ccsc2)n1. The molecule has 0 aliphatic carbocycles. The Labute approximate surface area is 120 Å². The molecule has 2 heterocycles. The van der Waals surface area contributed by atoms with Gasteiger partial charge >= 0.3 is 0 Å². The molecule has 0 spiro atoms. The number of halogens is 1. The maximum absolute atomic E-state index is 4.56. The van der Waals surface area contributed by atoms with Gasteiger partial charge in [0.25, 0.3) is 0 Å². The molecule has 18 heavy (non-hydrogen) atoms. The number of hydrogen-bond acceptors (Lipinski definition) is 4. The first-order valence-electron chi connectivity index (χ1n) is 5.75. The van der Waals surface area contributed by atoms with Crippen LogP contribution in [0.25, 0.3) is 0 Å². The first kappa shape index (κ1) is 13.5. The number of thiophene rings is 1. The lowest BCUT2D eigenvalue weighted by molar-refractivity contribution is 0.544. The van der Waals surface area contributed by atoms with Crippen LogP contribution in [0, 0.1) is 0 Å². The van der Waals surface area contributed by atoms with E-state index in [1.54, 1.807) is 11.3 Å². The average molecular weight is 326 g/mol. The number of anilines is 1. The Kier molecular flexibility index (Phi) is 4.02. The van der Waals surface area contributed by atoms with Crippen molar-refractivity contribution in [3.8, 4) is 0 Å². The van der Waals surface area contributed by atoms with E-state index in [-0.39, 0.29) is 5.41 Å². The molecule has 2 aromatic rings. The molecule has 0 saturated carbocycles. The predicted molar refractivity (Wildman–Crippen MR) is 80.1 cm³/mol. The molecule has 96 valence electrons. The summed E-state index contributed by atoms with van der Waals surface area (Å²) < 4.78 is 0.815. The highest BCUT2D eigenvalue weighted by Gasteiger charge is 2.18. The van der Waals surface area contributed by atoms with E-state index in [1.165, 1.54) is 5.56 Å². The summed E-state index contributed by atoms with van der Waals surface area (Å²) in [6, 6.07) is 4.01. The Morgan fingerprint density at radius 1 is 1.33 bits per heavy atom. The molecule has 0 radical (unpaired) electrons. The van der Waals surface area contributed by atoms with Crippen molar-refractivity contribution in [3.63, 3.8) is 0 Å². The molecule has 0 fully saturated rings. The molecule has 0 saturated heterocycles. The topological polar surface area (TPSA) is 37.8 Å². The Balaban J connectivity index is 2.15. The van der Waals surface area contributed by atoms with Gasteiger partial charge in [0.05, 0.1) is 0 Å². The zero-order valence-corrected chi connectivity index (χ0v) is 13.1. The first-order valence-corrected chi connectivity index (χ1v) is 7.49. The van der Waals surface area contributed by atoms with Crippen LogP contribution in [0.5, 0.6) is 0 Å². The second kappa shape index (κ2) is 5.36. The van der Waals surface area contributed by atoms with E-state index < -0.39 is 0 Å². The van der Waals surface area contributed by atoms with Crippen molar-refractivity contribution in [2.45, 2.75) is 32.7 Å². The van der Waals surface area contributed by atoms with Crippen molar-refractivity contribution < 1.29 is 0 Å². The quantitative estimate of drug-likeness (QED) is 0.859. The summed E-state index contributed by atoms with van der Waals surface area (Å²) in [6.07, 6.45) is 0. The Bertz CT molecular complexity index is 518. The fraction of sp³-hybridized carbons (Fsp3) is 0.385. The van der Waals surface area contributed by atoms with E-state index in [9.17, 15) is 0 Å². The van der Waals surface area contributed by atoms with Crippen LogP contribution in [-0.2, 0) is 12.0 Å². The molecule has 0 amide bonds. The normalized spacial score (nSPS) is 11.6. The van der Waals surface area contributed by atoms with Crippen molar-refractivity contribution in [3.05, 3.63) is 38.9 Å². The van der Waals surface area contributed by atoms with Crippen LogP contribution in [0.2, 0.25) is 0 Å². The van der Waals surface area contributed by atoms with Crippen LogP contribution in [0.15, 0.2) is 27.5 Å². The van der Waals surface area contributed by atoms with Gasteiger partial charge in [0.1, 0.15) is 16.2 Å². The molecule has 3 nitrogen and oxygen atoms in total. The molecule has 2 rings (SSSR count). The molecule has 1 N–H and O–H groups in total. The maximum atomic E-state index is 4.56. The van der Waals surface area contributed by atoms with Gasteiger partial charge in [0.2, 0.25) is 0 Å². The Morgan fingerprint density at radius 2 is 2.11 bits per heavy atom. The van der Waals surface area contributed by atoms with Gasteiger partial charge in [-0.15, -0.1) is 0 Å². The molecular weight excluding hydrogens is 310 g/mol. The summed E-state index contributed by atoms with van der Waals surface area (Å²) in [5.74, 6) is 1.69. The highest BCUT2D eigenvalue weighted by molar-refractivity contribution is 9.10. The lowest BCUT2D eigenvalue weighted by Gasteiger charge is -2.17. The van der Waals surface area contributed by atoms with Gasteiger partial charge in [0, 0.05) is 18.0 Å². The summed E-state index contributed by atoms with van der Waals surface area (Å²) in [5, 5.41) is 7.54. The highest BCUT2D eigenvalue weighted by Crippen LogP contribution is 2.22. The van der Waals surface area contributed by atoms with Gasteiger partial charge in [-0.1, -0.05) is 20.8 Å². The summed E-state index contributed by atoms with van der Waals surface area (Å²) in [5.41, 5.74) is 1.22. The molecular formula is C13H16BrN3S. The van der Waals surface area contributed by atoms with Gasteiger partial charge < -0.3 is 5.32 Å². The third kappa shape index (κ3) is 3.53. The summed E-state index contributed by atoms with van der Waals surface area (Å²) >= 11 is 5.14. The number of nitrogens with zero attached hydrogens (tertiary/aromatic N) is 2. The van der Waals surface area contributed by atoms with E-state index in [1.807, 2.05) is 6.07 Å². The minimum absolute atomic E-state index is 0.0530. The van der Waals surface area contributed by atoms with E-state index in [4.69, 9.17) is 0 Å². The van der Waals surface area contributed by atoms with Crippen LogP contribution in [0.3, 0.4) is 0 Å². The summed E-state index contributed by atoms with van der Waals surface area (Å²) in [6.45, 7) is 7.11. The standard InChI is InChI=1S/C13H16BrN3S/c1-13(2,3)12-16-10(14)6-11(17-12)15-7-9-4-5-18-8-9/h4-6,8H,7H2,1-3H3,(H,15,16,17). The monoisotopic (exact) mass is 325 g/mol. The molecule has 2 aromatic heterocycles. The fourth-order valence-electron chi connectivity index (χ4n) is 1.43. The van der Waals surface area contributed by atoms with Crippen molar-refractivity contribution in [2.75, 3.05) is 5.32 Å². The van der Waals surface area contributed by atoms with Crippen LogP contribution in [0.1, 0.15) is 32.2 Å². The fourth-order valence-corrected chi connectivity index (χ4v) is 2.48. The van der Waals surface area contributed by atoms with Crippen LogP contribution in [0.4, 0.5) is 5.82 Å². The molecule has 0 aliphatic rings. The molecule has 0 unspecified atom stereocenters. The first-order chi connectivity index (χ1) is 8.45. The number of nitrogens with one attached hydrogen (secondary N) is 1. The van der Waals surface area contributed by atoms with Crippen LogP contribution in [-0.4, -0.2) is 9.97 Å². The largest absolute Gasteiger partial charge is 0.366 e. The minimum atomic E-state index is -0.0530. The van der Waals surface area contributed by atoms with E-state index >= 15 is 0 Å². The number of hydrogen-bond donors (Lipinski definition) is 1. The van der Waals surface area contributed by atoms with Crippen molar-refractivity contribution in [1.29, 1.82) is 0 Å². The molecule has 0 aromatic carbocycles. The second-order valence-corrected chi connectivity index (χ2v) is 6.73. The van der Waals surface area contributed by atoms with Crippen molar-refractivity contribution >= 4 is 33.1 Å². The van der Waals surface area contributed by atoms with Crippen LogP contribution >= 0.6 is 27.3 Å². The van der Waals surface area contributed by atoms with Crippen molar-refractivity contribution in [1.82, 2.24) is 9.97 Å². The van der Waals surface area contributed by atoms with Gasteiger partial charge in [-0.25, -0.2) is 9.97 Å². The number of aromatic nitrogens is 2. The predicted octanol–water partition coefficient (Wildman–Crippen LogP) is 4.21. The van der Waals surface area contributed by atoms with Gasteiger partial charge in [0.15, 0.2) is 0 Å². The molecule has 0 atom stereocenters. The number of rotatable bonds is 3. The second-order valence-electron chi connectivity index (χ2n) is 5.13. The Hall–Kier alpha value is -0.940. The maximum Gasteiger partial charge on any atom is 0.137 e. The Morgan fingerprint density at radius 3 is 2.72 bits per heavy atom. The van der Waals surface area contributed by atoms with E-state index in [2.05, 4.69) is 68.8 Å². The third-order valence-corrected chi connectivity index (χ3v) is 3.56. The van der Waals surface area contributed by atoms with Gasteiger partial charge in [-0.3, -0.25) is 0 Å². The van der Waals surface area contributed by atoms with Gasteiger partial charge in [-0.2, -0.15) is 11.3 Å². The summed E-state index contributed by atoms with van der Waals surface area (Å²) in [7, 11) is 0. The average Bonchev–Trinajstić information content (AvgIpc) is 2.77. The van der Waals surface area contributed by atoms with Gasteiger partial charge in [-0.05, 0) is 38.3 Å². The van der Waals surface area contributed by atoms with Crippen LogP contribution < -0.4 is 5.32 Å². The molecule has 0 aliphatic heterocycles.